The van der Waals surface area contributed by atoms with Crippen LogP contribution in [0.25, 0.3) is 5.69 Å². The van der Waals surface area contributed by atoms with Gasteiger partial charge in [0.15, 0.2) is 0 Å². The number of rotatable bonds is 10. The van der Waals surface area contributed by atoms with Gasteiger partial charge in [0, 0.05) is 17.6 Å². The second-order valence-electron chi connectivity index (χ2n) is 9.77. The molecule has 17 heteroatoms. The molecule has 4 N–H and O–H groups in total. The van der Waals surface area contributed by atoms with Crippen LogP contribution >= 0.6 is 11.6 Å². The van der Waals surface area contributed by atoms with Crippen molar-refractivity contribution in [3.8, 4) is 17.2 Å². The molecule has 13 nitrogen and oxygen atoms in total. The summed E-state index contributed by atoms with van der Waals surface area (Å²) < 4.78 is 43.9. The Morgan fingerprint density at radius 3 is 2.39 bits per heavy atom. The van der Waals surface area contributed by atoms with Crippen molar-refractivity contribution in [2.75, 3.05) is 20.8 Å². The van der Waals surface area contributed by atoms with Gasteiger partial charge in [-0.05, 0) is 84.1 Å². The summed E-state index contributed by atoms with van der Waals surface area (Å²) >= 11 is 6.14. The fourth-order valence-electron chi connectivity index (χ4n) is 4.39. The van der Waals surface area contributed by atoms with E-state index in [1.807, 2.05) is 18.2 Å². The van der Waals surface area contributed by atoms with Crippen molar-refractivity contribution < 1.29 is 42.1 Å². The van der Waals surface area contributed by atoms with Crippen LogP contribution < -0.4 is 25.4 Å². The number of carboxylic acids is 1. The molecule has 0 aliphatic carbocycles. The Morgan fingerprint density at radius 1 is 1.16 bits per heavy atom. The van der Waals surface area contributed by atoms with Crippen molar-refractivity contribution in [1.29, 1.82) is 0 Å². The van der Waals surface area contributed by atoms with Crippen LogP contribution in [0.3, 0.4) is 0 Å². The first-order valence-electron chi connectivity index (χ1n) is 13.2. The van der Waals surface area contributed by atoms with Crippen LogP contribution in [0.15, 0.2) is 42.7 Å². The third-order valence-corrected chi connectivity index (χ3v) is 6.79. The standard InChI is InChI=1S/C25H30ClN7O4.C2HF3O2/c1-15(24(34)28-13-18-10-19(26)4-5-23(18)33-14-29-31-32-33)30-25(35)22-9-17(12-27-22)6-16-7-20(36-2)11-21(8-16)37-3;3-2(4,5)1(6)7/h4-5,7-8,10-11,14-15,17,22,27H,6,9,12-13H2,1-3H3,(H,28,34)(H,30,35);(H,6,7)/t15-,17-,22+;/m0./s1. The normalized spacial score (nSPS) is 16.7. The number of tetrazole rings is 1. The number of ether oxygens (including phenoxy) is 2. The first kappa shape index (κ1) is 34.1. The van der Waals surface area contributed by atoms with Gasteiger partial charge in [-0.25, -0.2) is 9.48 Å². The van der Waals surface area contributed by atoms with E-state index in [9.17, 15) is 22.8 Å². The summed E-state index contributed by atoms with van der Waals surface area (Å²) in [6, 6.07) is 9.94. The number of carboxylic acid groups (broad SMARTS) is 1. The molecule has 2 aromatic carbocycles. The minimum Gasteiger partial charge on any atom is -0.497 e. The van der Waals surface area contributed by atoms with Gasteiger partial charge in [0.25, 0.3) is 0 Å². The number of hydrogen-bond donors (Lipinski definition) is 4. The van der Waals surface area contributed by atoms with Crippen LogP contribution in [0, 0.1) is 5.92 Å². The van der Waals surface area contributed by atoms with E-state index < -0.39 is 18.2 Å². The molecule has 3 atom stereocenters. The summed E-state index contributed by atoms with van der Waals surface area (Å²) in [6.07, 6.45) is -2.18. The van der Waals surface area contributed by atoms with Crippen LogP contribution in [-0.2, 0) is 27.3 Å². The molecule has 0 radical (unpaired) electrons. The number of aliphatic carboxylic acids is 1. The first-order chi connectivity index (χ1) is 20.8. The summed E-state index contributed by atoms with van der Waals surface area (Å²) in [5.41, 5.74) is 2.52. The minimum absolute atomic E-state index is 0.197. The molecule has 1 saturated heterocycles. The van der Waals surface area contributed by atoms with Crippen molar-refractivity contribution in [1.82, 2.24) is 36.2 Å². The summed E-state index contributed by atoms with van der Waals surface area (Å²) in [4.78, 5) is 34.5. The zero-order valence-electron chi connectivity index (χ0n) is 23.9. The highest BCUT2D eigenvalue weighted by atomic mass is 35.5. The van der Waals surface area contributed by atoms with E-state index >= 15 is 0 Å². The molecule has 1 aliphatic heterocycles. The Balaban J connectivity index is 0.000000676. The number of methoxy groups -OCH3 is 2. The number of alkyl halides is 3. The number of amides is 2. The Bertz CT molecular complexity index is 1420. The third-order valence-electron chi connectivity index (χ3n) is 6.56. The fourth-order valence-corrected chi connectivity index (χ4v) is 4.58. The third kappa shape index (κ3) is 9.80. The fraction of sp³-hybridized carbons (Fsp3) is 0.407. The lowest BCUT2D eigenvalue weighted by atomic mass is 9.96. The Kier molecular flexibility index (Phi) is 11.9. The summed E-state index contributed by atoms with van der Waals surface area (Å²) in [5.74, 6) is -1.54. The van der Waals surface area contributed by atoms with E-state index in [4.69, 9.17) is 31.0 Å². The predicted octanol–water partition coefficient (Wildman–Crippen LogP) is 2.31. The van der Waals surface area contributed by atoms with E-state index in [0.29, 0.717) is 23.7 Å². The second-order valence-corrected chi connectivity index (χ2v) is 10.2. The predicted molar refractivity (Wildman–Crippen MR) is 150 cm³/mol. The highest BCUT2D eigenvalue weighted by Gasteiger charge is 2.38. The molecule has 0 spiro atoms. The topological polar surface area (TPSA) is 170 Å². The van der Waals surface area contributed by atoms with E-state index in [0.717, 1.165) is 29.0 Å². The van der Waals surface area contributed by atoms with Gasteiger partial charge in [-0.15, -0.1) is 5.10 Å². The van der Waals surface area contributed by atoms with Gasteiger partial charge in [-0.1, -0.05) is 11.6 Å². The van der Waals surface area contributed by atoms with Crippen molar-refractivity contribution in [3.05, 3.63) is 58.9 Å². The van der Waals surface area contributed by atoms with Crippen molar-refractivity contribution in [3.63, 3.8) is 0 Å². The largest absolute Gasteiger partial charge is 0.497 e. The Morgan fingerprint density at radius 2 is 1.82 bits per heavy atom. The Labute approximate surface area is 255 Å². The molecule has 0 unspecified atom stereocenters. The quantitative estimate of drug-likeness (QED) is 0.258. The van der Waals surface area contributed by atoms with Gasteiger partial charge in [0.2, 0.25) is 11.8 Å². The van der Waals surface area contributed by atoms with Crippen LogP contribution in [0.4, 0.5) is 13.2 Å². The zero-order chi connectivity index (χ0) is 32.4. The van der Waals surface area contributed by atoms with Gasteiger partial charge in [0.1, 0.15) is 23.9 Å². The smallest absolute Gasteiger partial charge is 0.490 e. The zero-order valence-corrected chi connectivity index (χ0v) is 24.6. The maximum Gasteiger partial charge on any atom is 0.490 e. The van der Waals surface area contributed by atoms with Gasteiger partial charge >= 0.3 is 12.1 Å². The van der Waals surface area contributed by atoms with E-state index in [-0.39, 0.29) is 30.3 Å². The number of hydrogen-bond acceptors (Lipinski definition) is 9. The molecule has 0 saturated carbocycles. The molecule has 44 heavy (non-hydrogen) atoms. The SMILES string of the molecule is COc1cc(C[C@@H]2CN[C@@H](C(=O)N[C@@H](C)C(=O)NCc3cc(Cl)ccc3-n3cnnn3)C2)cc(OC)c1.O=C(O)C(F)(F)F. The average Bonchev–Trinajstić information content (AvgIpc) is 3.68. The highest BCUT2D eigenvalue weighted by molar-refractivity contribution is 6.30. The molecular weight excluding hydrogens is 611 g/mol. The van der Waals surface area contributed by atoms with E-state index in [1.54, 1.807) is 39.3 Å². The van der Waals surface area contributed by atoms with Crippen molar-refractivity contribution in [2.24, 2.45) is 5.92 Å². The lowest BCUT2D eigenvalue weighted by Gasteiger charge is -2.18. The summed E-state index contributed by atoms with van der Waals surface area (Å²) in [5, 5.41) is 27.8. The number of carbonyl (C=O) groups excluding carboxylic acids is 2. The number of halogens is 4. The molecule has 238 valence electrons. The molecule has 3 aromatic rings. The lowest BCUT2D eigenvalue weighted by Crippen LogP contribution is -2.50. The molecule has 1 aliphatic rings. The maximum absolute atomic E-state index is 12.9. The molecule has 1 aromatic heterocycles. The van der Waals surface area contributed by atoms with Crippen molar-refractivity contribution in [2.45, 2.75) is 44.6 Å². The van der Waals surface area contributed by atoms with Crippen molar-refractivity contribution >= 4 is 29.4 Å². The number of nitrogens with zero attached hydrogens (tertiary/aromatic N) is 4. The average molecular weight is 642 g/mol. The van der Waals surface area contributed by atoms with E-state index in [2.05, 4.69) is 31.5 Å². The monoisotopic (exact) mass is 641 g/mol. The summed E-state index contributed by atoms with van der Waals surface area (Å²) in [6.45, 7) is 2.55. The maximum atomic E-state index is 12.9. The molecule has 4 rings (SSSR count). The van der Waals surface area contributed by atoms with Gasteiger partial charge in [-0.3, -0.25) is 9.59 Å². The number of aromatic nitrogens is 4. The van der Waals surface area contributed by atoms with Crippen LogP contribution in [0.2, 0.25) is 5.02 Å². The van der Waals surface area contributed by atoms with Gasteiger partial charge in [-0.2, -0.15) is 13.2 Å². The first-order valence-corrected chi connectivity index (χ1v) is 13.5. The minimum atomic E-state index is -5.08. The number of benzene rings is 2. The Hall–Kier alpha value is -4.44. The highest BCUT2D eigenvalue weighted by Crippen LogP contribution is 2.27. The van der Waals surface area contributed by atoms with Crippen LogP contribution in [0.1, 0.15) is 24.5 Å². The molecular formula is C27H31ClF3N7O6. The lowest BCUT2D eigenvalue weighted by molar-refractivity contribution is -0.192. The number of carbonyl (C=O) groups is 3. The van der Waals surface area contributed by atoms with E-state index in [1.165, 1.54) is 11.0 Å². The van der Waals surface area contributed by atoms with Gasteiger partial charge in [0.05, 0.1) is 25.9 Å². The molecule has 0 bridgehead atoms. The molecule has 2 heterocycles. The second kappa shape index (κ2) is 15.3. The van der Waals surface area contributed by atoms with Crippen LogP contribution in [-0.4, -0.2) is 82.1 Å². The molecule has 1 fully saturated rings. The van der Waals surface area contributed by atoms with Crippen LogP contribution in [0.5, 0.6) is 11.5 Å². The molecule has 2 amide bonds. The number of nitrogens with one attached hydrogen (secondary N) is 3. The summed E-state index contributed by atoms with van der Waals surface area (Å²) in [7, 11) is 3.24. The van der Waals surface area contributed by atoms with Gasteiger partial charge < -0.3 is 30.5 Å².